The highest BCUT2D eigenvalue weighted by atomic mass is 32.1. The molecule has 10 nitrogen and oxygen atoms in total. The topological polar surface area (TPSA) is 133 Å². The maximum atomic E-state index is 13.3. The van der Waals surface area contributed by atoms with Gasteiger partial charge in [-0.15, -0.1) is 11.3 Å². The van der Waals surface area contributed by atoms with Gasteiger partial charge >= 0.3 is 0 Å². The van der Waals surface area contributed by atoms with Gasteiger partial charge < -0.3 is 11.1 Å². The molecular weight excluding hydrogens is 490 g/mol. The first-order valence-corrected chi connectivity index (χ1v) is 11.7. The number of alkyl halides is 2. The fourth-order valence-electron chi connectivity index (χ4n) is 4.08. The summed E-state index contributed by atoms with van der Waals surface area (Å²) in [5.41, 5.74) is 8.45. The standard InChI is InChI=1S/C23H20F2N8O2S/c1-4-32-9-13(11(3)31-32)15-5-6-27-21-12(8-28-33(15)21)22(35)30-17-16-10(2)7-14(19(24)25)29-23(16)36-18(17)20(26)34/h5-9,19H,4H2,1-3H3,(H2,26,34)(H,30,35). The van der Waals surface area contributed by atoms with Crippen LogP contribution in [0.3, 0.4) is 0 Å². The number of carbonyl (C=O) groups is 2. The summed E-state index contributed by atoms with van der Waals surface area (Å²) in [7, 11) is 0. The smallest absolute Gasteiger partial charge is 0.280 e. The molecule has 0 aliphatic heterocycles. The van der Waals surface area contributed by atoms with Crippen LogP contribution in [0.25, 0.3) is 27.1 Å². The predicted molar refractivity (Wildman–Crippen MR) is 130 cm³/mol. The molecule has 5 rings (SSSR count). The van der Waals surface area contributed by atoms with Gasteiger partial charge in [-0.05, 0) is 38.5 Å². The number of aromatic nitrogens is 6. The molecule has 0 fully saturated rings. The first kappa shape index (κ1) is 23.5. The van der Waals surface area contributed by atoms with Crippen molar-refractivity contribution in [2.45, 2.75) is 33.7 Å². The third-order valence-electron chi connectivity index (χ3n) is 5.76. The number of fused-ring (bicyclic) bond motifs is 2. The second kappa shape index (κ2) is 8.75. The molecule has 0 saturated heterocycles. The van der Waals surface area contributed by atoms with Crippen molar-refractivity contribution >= 4 is 44.7 Å². The Hall–Kier alpha value is -4.26. The lowest BCUT2D eigenvalue weighted by molar-refractivity contribution is 0.100. The number of thiophene rings is 1. The van der Waals surface area contributed by atoms with Gasteiger partial charge in [0.25, 0.3) is 18.2 Å². The molecule has 0 spiro atoms. The molecule has 0 atom stereocenters. The van der Waals surface area contributed by atoms with Crippen LogP contribution in [0.1, 0.15) is 50.3 Å². The van der Waals surface area contributed by atoms with E-state index in [0.717, 1.165) is 22.6 Å². The minimum absolute atomic E-state index is 0.00749. The summed E-state index contributed by atoms with van der Waals surface area (Å²) in [6.07, 6.45) is 2.06. The zero-order chi connectivity index (χ0) is 25.7. The summed E-state index contributed by atoms with van der Waals surface area (Å²) in [5, 5.41) is 11.9. The van der Waals surface area contributed by atoms with E-state index in [1.165, 1.54) is 12.3 Å². The van der Waals surface area contributed by atoms with Crippen LogP contribution < -0.4 is 11.1 Å². The van der Waals surface area contributed by atoms with Crippen molar-refractivity contribution < 1.29 is 18.4 Å². The highest BCUT2D eigenvalue weighted by Crippen LogP contribution is 2.38. The zero-order valence-corrected chi connectivity index (χ0v) is 20.2. The van der Waals surface area contributed by atoms with E-state index in [9.17, 15) is 18.4 Å². The first-order chi connectivity index (χ1) is 17.2. The summed E-state index contributed by atoms with van der Waals surface area (Å²) in [6, 6.07) is 3.00. The van der Waals surface area contributed by atoms with Gasteiger partial charge in [0, 0.05) is 29.9 Å². The second-order valence-corrected chi connectivity index (χ2v) is 9.08. The molecule has 0 saturated carbocycles. The lowest BCUT2D eigenvalue weighted by Crippen LogP contribution is -2.17. The van der Waals surface area contributed by atoms with Gasteiger partial charge in [0.1, 0.15) is 21.0 Å². The van der Waals surface area contributed by atoms with Crippen molar-refractivity contribution in [3.8, 4) is 11.3 Å². The van der Waals surface area contributed by atoms with Gasteiger partial charge in [-0.2, -0.15) is 10.2 Å². The molecule has 13 heteroatoms. The Balaban J connectivity index is 1.59. The number of nitrogens with one attached hydrogen (secondary N) is 1. The van der Waals surface area contributed by atoms with Crippen LogP contribution in [0.5, 0.6) is 0 Å². The van der Waals surface area contributed by atoms with E-state index in [4.69, 9.17) is 5.73 Å². The molecule has 184 valence electrons. The highest BCUT2D eigenvalue weighted by molar-refractivity contribution is 7.21. The molecule has 5 aromatic heterocycles. The largest absolute Gasteiger partial charge is 0.365 e. The van der Waals surface area contributed by atoms with Crippen molar-refractivity contribution in [3.63, 3.8) is 0 Å². The van der Waals surface area contributed by atoms with E-state index in [-0.39, 0.29) is 21.0 Å². The molecule has 36 heavy (non-hydrogen) atoms. The second-order valence-electron chi connectivity index (χ2n) is 8.08. The number of hydrogen-bond acceptors (Lipinski definition) is 7. The lowest BCUT2D eigenvalue weighted by Gasteiger charge is -2.08. The average Bonchev–Trinajstić information content (AvgIpc) is 3.53. The van der Waals surface area contributed by atoms with E-state index < -0.39 is 23.9 Å². The number of aryl methyl sites for hydroxylation is 3. The normalized spacial score (nSPS) is 11.6. The number of pyridine rings is 1. The van der Waals surface area contributed by atoms with Crippen LogP contribution >= 0.6 is 11.3 Å². The summed E-state index contributed by atoms with van der Waals surface area (Å²) < 4.78 is 29.8. The number of hydrogen-bond donors (Lipinski definition) is 2. The van der Waals surface area contributed by atoms with Gasteiger partial charge in [-0.3, -0.25) is 14.3 Å². The van der Waals surface area contributed by atoms with Crippen molar-refractivity contribution in [1.82, 2.24) is 29.4 Å². The lowest BCUT2D eigenvalue weighted by atomic mass is 10.1. The quantitative estimate of drug-likeness (QED) is 0.353. The molecule has 0 radical (unpaired) electrons. The van der Waals surface area contributed by atoms with Crippen LogP contribution in [0, 0.1) is 13.8 Å². The minimum atomic E-state index is -2.78. The van der Waals surface area contributed by atoms with Gasteiger partial charge in [0.15, 0.2) is 5.65 Å². The van der Waals surface area contributed by atoms with Crippen molar-refractivity contribution in [3.05, 3.63) is 58.1 Å². The Kier molecular flexibility index (Phi) is 5.71. The van der Waals surface area contributed by atoms with Gasteiger partial charge in [0.05, 0.1) is 23.3 Å². The van der Waals surface area contributed by atoms with Gasteiger partial charge in [0.2, 0.25) is 0 Å². The molecule has 5 heterocycles. The number of amides is 2. The third-order valence-corrected chi connectivity index (χ3v) is 6.86. The molecule has 0 bridgehead atoms. The monoisotopic (exact) mass is 510 g/mol. The fourth-order valence-corrected chi connectivity index (χ4v) is 5.14. The Bertz CT molecular complexity index is 1670. The summed E-state index contributed by atoms with van der Waals surface area (Å²) in [5.74, 6) is -1.40. The van der Waals surface area contributed by atoms with Crippen LogP contribution in [0.4, 0.5) is 14.5 Å². The van der Waals surface area contributed by atoms with E-state index in [2.05, 4.69) is 25.5 Å². The predicted octanol–water partition coefficient (Wildman–Crippen LogP) is 4.13. The number of nitrogens with two attached hydrogens (primary N) is 1. The summed E-state index contributed by atoms with van der Waals surface area (Å²) in [6.45, 7) is 6.17. The summed E-state index contributed by atoms with van der Waals surface area (Å²) in [4.78, 5) is 34.0. The van der Waals surface area contributed by atoms with Crippen LogP contribution in [0.2, 0.25) is 0 Å². The molecule has 0 unspecified atom stereocenters. The molecule has 2 amide bonds. The Labute approximate surface area is 206 Å². The van der Waals surface area contributed by atoms with Crippen molar-refractivity contribution in [2.75, 3.05) is 5.32 Å². The van der Waals surface area contributed by atoms with Crippen molar-refractivity contribution in [2.24, 2.45) is 5.73 Å². The Morgan fingerprint density at radius 3 is 2.72 bits per heavy atom. The number of nitrogens with zero attached hydrogens (tertiary/aromatic N) is 6. The fraction of sp³-hybridized carbons (Fsp3) is 0.217. The zero-order valence-electron chi connectivity index (χ0n) is 19.4. The third kappa shape index (κ3) is 3.77. The Morgan fingerprint density at radius 1 is 1.28 bits per heavy atom. The van der Waals surface area contributed by atoms with Gasteiger partial charge in [-0.25, -0.2) is 23.3 Å². The number of carbonyl (C=O) groups excluding carboxylic acids is 2. The number of halogens is 2. The number of primary amides is 1. The van der Waals surface area contributed by atoms with Crippen LogP contribution in [-0.4, -0.2) is 41.2 Å². The number of anilines is 1. The average molecular weight is 511 g/mol. The van der Waals surface area contributed by atoms with E-state index in [0.29, 0.717) is 28.8 Å². The molecule has 0 aliphatic carbocycles. The molecule has 0 aliphatic rings. The SMILES string of the molecule is CCn1cc(-c2ccnc3c(C(=O)Nc4c(C(N)=O)sc5nc(C(F)F)cc(C)c45)cnn23)c(C)n1. The minimum Gasteiger partial charge on any atom is -0.365 e. The Morgan fingerprint density at radius 2 is 2.06 bits per heavy atom. The maximum Gasteiger partial charge on any atom is 0.280 e. The molecule has 5 aromatic rings. The summed E-state index contributed by atoms with van der Waals surface area (Å²) >= 11 is 0.847. The number of rotatable bonds is 6. The highest BCUT2D eigenvalue weighted by Gasteiger charge is 2.25. The first-order valence-electron chi connectivity index (χ1n) is 10.9. The van der Waals surface area contributed by atoms with E-state index in [1.807, 2.05) is 20.0 Å². The van der Waals surface area contributed by atoms with Crippen LogP contribution in [-0.2, 0) is 6.54 Å². The molecule has 0 aromatic carbocycles. The molecule has 3 N–H and O–H groups in total. The maximum absolute atomic E-state index is 13.3. The van der Waals surface area contributed by atoms with Crippen molar-refractivity contribution in [1.29, 1.82) is 0 Å². The van der Waals surface area contributed by atoms with E-state index >= 15 is 0 Å². The molecular formula is C23H20F2N8O2S. The van der Waals surface area contributed by atoms with Gasteiger partial charge in [-0.1, -0.05) is 0 Å². The van der Waals surface area contributed by atoms with E-state index in [1.54, 1.807) is 28.4 Å². The van der Waals surface area contributed by atoms with Crippen LogP contribution in [0.15, 0.2) is 30.7 Å².